The Kier molecular flexibility index (Phi) is 5.40. The average Bonchev–Trinajstić information content (AvgIpc) is 3.00. The number of allylic oxidation sites excluding steroid dienone is 1. The summed E-state index contributed by atoms with van der Waals surface area (Å²) in [6, 6.07) is 9.24. The first-order valence-corrected chi connectivity index (χ1v) is 12.3. The number of esters is 1. The van der Waals surface area contributed by atoms with Gasteiger partial charge in [0.1, 0.15) is 6.10 Å². The van der Waals surface area contributed by atoms with Gasteiger partial charge >= 0.3 is 5.97 Å². The molecule has 4 nitrogen and oxygen atoms in total. The molecule has 1 aromatic carbocycles. The SMILES string of the molecule is Cc1cccc(N2CCN(C[C@H]3C(=O)O[C@H]4C[C@@]5(C)CCC[C@@H](C)C5=C[C@H]43)C[C@@H]2C)c1. The minimum absolute atomic E-state index is 0.00565. The molecule has 1 aromatic rings. The Balaban J connectivity index is 1.29. The zero-order valence-electron chi connectivity index (χ0n) is 19.6. The molecule has 0 bridgehead atoms. The summed E-state index contributed by atoms with van der Waals surface area (Å²) < 4.78 is 5.98. The van der Waals surface area contributed by atoms with Gasteiger partial charge in [-0.25, -0.2) is 0 Å². The van der Waals surface area contributed by atoms with Crippen molar-refractivity contribution in [2.24, 2.45) is 23.2 Å². The number of carbonyl (C=O) groups is 1. The van der Waals surface area contributed by atoms with Gasteiger partial charge in [0.25, 0.3) is 0 Å². The number of ether oxygens (including phenoxy) is 1. The molecular formula is C27H38N2O2. The molecule has 1 saturated carbocycles. The number of piperazine rings is 1. The highest BCUT2D eigenvalue weighted by Gasteiger charge is 2.52. The smallest absolute Gasteiger partial charge is 0.311 e. The lowest BCUT2D eigenvalue weighted by atomic mass is 9.59. The Morgan fingerprint density at radius 2 is 2.06 bits per heavy atom. The molecular weight excluding hydrogens is 384 g/mol. The molecule has 2 aliphatic carbocycles. The van der Waals surface area contributed by atoms with Crippen LogP contribution in [0.25, 0.3) is 0 Å². The quantitative estimate of drug-likeness (QED) is 0.516. The minimum atomic E-state index is -0.00565. The first kappa shape index (κ1) is 21.1. The number of nitrogens with zero attached hydrogens (tertiary/aromatic N) is 2. The van der Waals surface area contributed by atoms with Gasteiger partial charge in [0.15, 0.2) is 0 Å². The maximum absolute atomic E-state index is 12.9. The molecule has 0 amide bonds. The monoisotopic (exact) mass is 422 g/mol. The Hall–Kier alpha value is -1.81. The molecule has 0 radical (unpaired) electrons. The molecule has 31 heavy (non-hydrogen) atoms. The molecule has 0 unspecified atom stereocenters. The predicted molar refractivity (Wildman–Crippen MR) is 125 cm³/mol. The second kappa shape index (κ2) is 7.95. The second-order valence-corrected chi connectivity index (χ2v) is 11.0. The van der Waals surface area contributed by atoms with Crippen LogP contribution in [0.3, 0.4) is 0 Å². The number of hydrogen-bond donors (Lipinski definition) is 0. The molecule has 2 heterocycles. The highest BCUT2D eigenvalue weighted by atomic mass is 16.6. The highest BCUT2D eigenvalue weighted by Crippen LogP contribution is 2.54. The largest absolute Gasteiger partial charge is 0.461 e. The van der Waals surface area contributed by atoms with Crippen molar-refractivity contribution in [3.05, 3.63) is 41.5 Å². The maximum Gasteiger partial charge on any atom is 0.311 e. The van der Waals surface area contributed by atoms with Gasteiger partial charge in [0.2, 0.25) is 0 Å². The fraction of sp³-hybridized carbons (Fsp3) is 0.667. The summed E-state index contributed by atoms with van der Waals surface area (Å²) in [7, 11) is 0. The van der Waals surface area contributed by atoms with Crippen LogP contribution in [0.1, 0.15) is 52.0 Å². The Labute approximate surface area is 187 Å². The van der Waals surface area contributed by atoms with Crippen molar-refractivity contribution >= 4 is 11.7 Å². The Morgan fingerprint density at radius 1 is 1.23 bits per heavy atom. The summed E-state index contributed by atoms with van der Waals surface area (Å²) in [6.45, 7) is 13.1. The third-order valence-electron chi connectivity index (χ3n) is 8.58. The van der Waals surface area contributed by atoms with E-state index in [4.69, 9.17) is 4.74 Å². The van der Waals surface area contributed by atoms with Crippen LogP contribution in [0.15, 0.2) is 35.9 Å². The van der Waals surface area contributed by atoms with Crippen LogP contribution in [0, 0.1) is 30.1 Å². The molecule has 168 valence electrons. The van der Waals surface area contributed by atoms with Gasteiger partial charge in [-0.1, -0.05) is 44.1 Å². The van der Waals surface area contributed by atoms with Gasteiger partial charge in [-0.3, -0.25) is 9.69 Å². The number of anilines is 1. The summed E-state index contributed by atoms with van der Waals surface area (Å²) >= 11 is 0. The van der Waals surface area contributed by atoms with Crippen LogP contribution in [0.4, 0.5) is 5.69 Å². The molecule has 5 rings (SSSR count). The van der Waals surface area contributed by atoms with E-state index in [2.05, 4.69) is 67.8 Å². The minimum Gasteiger partial charge on any atom is -0.461 e. The summed E-state index contributed by atoms with van der Waals surface area (Å²) in [5.41, 5.74) is 4.47. The van der Waals surface area contributed by atoms with Crippen molar-refractivity contribution < 1.29 is 9.53 Å². The number of rotatable bonds is 3. The maximum atomic E-state index is 12.9. The second-order valence-electron chi connectivity index (χ2n) is 11.0. The van der Waals surface area contributed by atoms with Crippen LogP contribution in [-0.4, -0.2) is 49.2 Å². The Bertz CT molecular complexity index is 880. The van der Waals surface area contributed by atoms with Crippen molar-refractivity contribution in [3.8, 4) is 0 Å². The molecule has 0 N–H and O–H groups in total. The molecule has 4 heteroatoms. The van der Waals surface area contributed by atoms with E-state index in [0.29, 0.717) is 12.0 Å². The van der Waals surface area contributed by atoms with Crippen LogP contribution >= 0.6 is 0 Å². The van der Waals surface area contributed by atoms with E-state index in [1.165, 1.54) is 30.5 Å². The molecule has 6 atom stereocenters. The number of fused-ring (bicyclic) bond motifs is 2. The molecule has 0 aromatic heterocycles. The van der Waals surface area contributed by atoms with Gasteiger partial charge in [-0.2, -0.15) is 0 Å². The summed E-state index contributed by atoms with van der Waals surface area (Å²) in [5.74, 6) is 0.944. The molecule has 2 aliphatic heterocycles. The van der Waals surface area contributed by atoms with Crippen molar-refractivity contribution in [2.45, 2.75) is 65.5 Å². The van der Waals surface area contributed by atoms with E-state index in [-0.39, 0.29) is 29.3 Å². The Morgan fingerprint density at radius 3 is 2.84 bits per heavy atom. The zero-order valence-corrected chi connectivity index (χ0v) is 19.6. The van der Waals surface area contributed by atoms with Gasteiger partial charge in [0.05, 0.1) is 5.92 Å². The van der Waals surface area contributed by atoms with E-state index in [1.54, 1.807) is 5.57 Å². The van der Waals surface area contributed by atoms with Crippen LogP contribution in [0.2, 0.25) is 0 Å². The van der Waals surface area contributed by atoms with Gasteiger partial charge in [0, 0.05) is 43.8 Å². The third kappa shape index (κ3) is 3.82. The first-order chi connectivity index (χ1) is 14.8. The summed E-state index contributed by atoms with van der Waals surface area (Å²) in [6.07, 6.45) is 7.42. The van der Waals surface area contributed by atoms with E-state index in [1.807, 2.05) is 0 Å². The summed E-state index contributed by atoms with van der Waals surface area (Å²) in [4.78, 5) is 17.9. The van der Waals surface area contributed by atoms with Crippen molar-refractivity contribution in [3.63, 3.8) is 0 Å². The molecule has 4 aliphatic rings. The van der Waals surface area contributed by atoms with Gasteiger partial charge in [-0.15, -0.1) is 0 Å². The van der Waals surface area contributed by atoms with Crippen LogP contribution in [-0.2, 0) is 9.53 Å². The van der Waals surface area contributed by atoms with Crippen molar-refractivity contribution in [1.29, 1.82) is 0 Å². The van der Waals surface area contributed by atoms with E-state index >= 15 is 0 Å². The van der Waals surface area contributed by atoms with Gasteiger partial charge < -0.3 is 9.64 Å². The lowest BCUT2D eigenvalue weighted by Gasteiger charge is -2.46. The van der Waals surface area contributed by atoms with Crippen LogP contribution < -0.4 is 4.90 Å². The van der Waals surface area contributed by atoms with Crippen molar-refractivity contribution in [1.82, 2.24) is 4.90 Å². The van der Waals surface area contributed by atoms with Gasteiger partial charge in [-0.05, 0) is 62.1 Å². The molecule has 0 spiro atoms. The molecule has 3 fully saturated rings. The first-order valence-electron chi connectivity index (χ1n) is 12.3. The number of hydrogen-bond acceptors (Lipinski definition) is 4. The highest BCUT2D eigenvalue weighted by molar-refractivity contribution is 5.76. The van der Waals surface area contributed by atoms with Crippen molar-refractivity contribution in [2.75, 3.05) is 31.1 Å². The normalized spacial score (nSPS) is 38.3. The van der Waals surface area contributed by atoms with E-state index in [0.717, 1.165) is 32.6 Å². The predicted octanol–water partition coefficient (Wildman–Crippen LogP) is 4.82. The lowest BCUT2D eigenvalue weighted by molar-refractivity contribution is -0.145. The standard InChI is InChI=1S/C27H38N2O2/c1-18-7-5-9-21(13-18)29-12-11-28(16-20(29)3)17-23-22-14-24-19(2)8-6-10-27(24,4)15-25(22)31-26(23)30/h5,7,9,13-14,19-20,22-23,25H,6,8,10-12,15-17H2,1-4H3/t19-,20+,22+,23-,25+,27-/m1/s1. The average molecular weight is 423 g/mol. The number of benzene rings is 1. The molecule has 2 saturated heterocycles. The summed E-state index contributed by atoms with van der Waals surface area (Å²) in [5, 5.41) is 0. The topological polar surface area (TPSA) is 32.8 Å². The zero-order chi connectivity index (χ0) is 21.8. The third-order valence-corrected chi connectivity index (χ3v) is 8.58. The fourth-order valence-corrected chi connectivity index (χ4v) is 6.93. The van der Waals surface area contributed by atoms with E-state index < -0.39 is 0 Å². The number of carbonyl (C=O) groups excluding carboxylic acids is 1. The fourth-order valence-electron chi connectivity index (χ4n) is 6.93. The van der Waals surface area contributed by atoms with Crippen LogP contribution in [0.5, 0.6) is 0 Å². The van der Waals surface area contributed by atoms with E-state index in [9.17, 15) is 4.79 Å². The number of aryl methyl sites for hydroxylation is 1. The lowest BCUT2D eigenvalue weighted by Crippen LogP contribution is -2.53.